The molecule has 0 aliphatic carbocycles. The number of aliphatic hydroxyl groups excluding tert-OH is 1. The maximum atomic E-state index is 10.3. The second kappa shape index (κ2) is 7.59. The van der Waals surface area contributed by atoms with Crippen LogP contribution in [0.3, 0.4) is 0 Å². The van der Waals surface area contributed by atoms with E-state index in [0.717, 1.165) is 42.5 Å². The predicted molar refractivity (Wildman–Crippen MR) is 91.9 cm³/mol. The van der Waals surface area contributed by atoms with Crippen LogP contribution in [0.4, 0.5) is 0 Å². The van der Waals surface area contributed by atoms with Crippen molar-refractivity contribution in [3.05, 3.63) is 54.1 Å². The Kier molecular flexibility index (Phi) is 5.27. The number of allylic oxidation sites excluding steroid dienone is 1. The van der Waals surface area contributed by atoms with Crippen LogP contribution in [0.5, 0.6) is 5.75 Å². The van der Waals surface area contributed by atoms with Gasteiger partial charge in [-0.1, -0.05) is 24.3 Å². The molecule has 24 heavy (non-hydrogen) atoms. The van der Waals surface area contributed by atoms with E-state index in [1.807, 2.05) is 37.3 Å². The van der Waals surface area contributed by atoms with Crippen molar-refractivity contribution in [2.45, 2.75) is 32.5 Å². The minimum absolute atomic E-state index is 0.274. The van der Waals surface area contributed by atoms with Crippen molar-refractivity contribution >= 4 is 0 Å². The lowest BCUT2D eigenvalue weighted by molar-refractivity contribution is 0.0579. The number of fused-ring (bicyclic) bond motifs is 1. The van der Waals surface area contributed by atoms with Crippen molar-refractivity contribution < 1.29 is 9.84 Å². The summed E-state index contributed by atoms with van der Waals surface area (Å²) in [6.07, 6.45) is 2.06. The van der Waals surface area contributed by atoms with E-state index in [1.54, 1.807) is 0 Å². The Labute approximate surface area is 142 Å². The van der Waals surface area contributed by atoms with E-state index in [0.29, 0.717) is 13.1 Å². The van der Waals surface area contributed by atoms with E-state index in [9.17, 15) is 5.11 Å². The van der Waals surface area contributed by atoms with E-state index in [4.69, 9.17) is 4.74 Å². The smallest absolute Gasteiger partial charge is 0.147 e. The van der Waals surface area contributed by atoms with Crippen LogP contribution in [0, 0.1) is 6.92 Å². The van der Waals surface area contributed by atoms with E-state index < -0.39 is 6.10 Å². The van der Waals surface area contributed by atoms with Gasteiger partial charge < -0.3 is 14.4 Å². The monoisotopic (exact) mass is 328 g/mol. The van der Waals surface area contributed by atoms with Crippen molar-refractivity contribution in [2.75, 3.05) is 19.7 Å². The maximum absolute atomic E-state index is 10.3. The topological polar surface area (TPSA) is 63.4 Å². The first-order valence-corrected chi connectivity index (χ1v) is 8.28. The van der Waals surface area contributed by atoms with Gasteiger partial charge in [-0.05, 0) is 25.0 Å². The lowest BCUT2D eigenvalue weighted by Crippen LogP contribution is -2.40. The van der Waals surface area contributed by atoms with Gasteiger partial charge >= 0.3 is 0 Å². The minimum Gasteiger partial charge on any atom is -0.491 e. The first-order chi connectivity index (χ1) is 11.7. The van der Waals surface area contributed by atoms with Crippen LogP contribution in [0.2, 0.25) is 0 Å². The number of β-amino-alcohol motifs (C(OH)–C–C–N with tert-alkyl or cyclic N) is 1. The van der Waals surface area contributed by atoms with Gasteiger partial charge in [0.05, 0.1) is 6.54 Å². The van der Waals surface area contributed by atoms with Crippen molar-refractivity contribution in [2.24, 2.45) is 0 Å². The van der Waals surface area contributed by atoms with Crippen LogP contribution in [0.25, 0.3) is 0 Å². The number of aliphatic hydroxyl groups is 1. The Balaban J connectivity index is 1.52. The van der Waals surface area contributed by atoms with E-state index in [2.05, 4.69) is 26.2 Å². The SMILES string of the molecule is C=CCc1ccccc1OCC(O)CN1CCn2c(C)nnc2C1. The zero-order chi connectivity index (χ0) is 16.9. The van der Waals surface area contributed by atoms with Crippen molar-refractivity contribution in [1.29, 1.82) is 0 Å². The van der Waals surface area contributed by atoms with Crippen LogP contribution in [0.15, 0.2) is 36.9 Å². The summed E-state index contributed by atoms with van der Waals surface area (Å²) < 4.78 is 7.94. The summed E-state index contributed by atoms with van der Waals surface area (Å²) >= 11 is 0. The summed E-state index contributed by atoms with van der Waals surface area (Å²) in [5.74, 6) is 2.72. The van der Waals surface area contributed by atoms with Gasteiger partial charge in [-0.3, -0.25) is 4.90 Å². The average Bonchev–Trinajstić information content (AvgIpc) is 2.95. The Morgan fingerprint density at radius 3 is 3.00 bits per heavy atom. The number of hydrogen-bond donors (Lipinski definition) is 1. The summed E-state index contributed by atoms with van der Waals surface area (Å²) in [6, 6.07) is 7.86. The van der Waals surface area contributed by atoms with Gasteiger partial charge in [-0.15, -0.1) is 16.8 Å². The first kappa shape index (κ1) is 16.7. The molecule has 0 spiro atoms. The molecule has 0 bridgehead atoms. The van der Waals surface area contributed by atoms with Crippen molar-refractivity contribution in [3.63, 3.8) is 0 Å². The highest BCUT2D eigenvalue weighted by atomic mass is 16.5. The fraction of sp³-hybridized carbons (Fsp3) is 0.444. The van der Waals surface area contributed by atoms with Crippen LogP contribution in [-0.2, 0) is 19.5 Å². The molecule has 0 amide bonds. The molecule has 0 saturated heterocycles. The second-order valence-electron chi connectivity index (χ2n) is 6.12. The largest absolute Gasteiger partial charge is 0.491 e. The van der Waals surface area contributed by atoms with Crippen LogP contribution in [-0.4, -0.2) is 50.6 Å². The lowest BCUT2D eigenvalue weighted by atomic mass is 10.1. The fourth-order valence-electron chi connectivity index (χ4n) is 3.01. The Morgan fingerprint density at radius 2 is 2.17 bits per heavy atom. The molecule has 2 aromatic rings. The van der Waals surface area contributed by atoms with Crippen LogP contribution in [0.1, 0.15) is 17.2 Å². The molecular weight excluding hydrogens is 304 g/mol. The highest BCUT2D eigenvalue weighted by Crippen LogP contribution is 2.19. The van der Waals surface area contributed by atoms with Crippen molar-refractivity contribution in [3.8, 4) is 5.75 Å². The first-order valence-electron chi connectivity index (χ1n) is 8.28. The molecule has 1 aromatic heterocycles. The quantitative estimate of drug-likeness (QED) is 0.782. The molecule has 128 valence electrons. The zero-order valence-corrected chi connectivity index (χ0v) is 14.1. The number of para-hydroxylation sites is 1. The molecule has 1 aliphatic heterocycles. The number of nitrogens with zero attached hydrogens (tertiary/aromatic N) is 4. The summed E-state index contributed by atoms with van der Waals surface area (Å²) in [7, 11) is 0. The highest BCUT2D eigenvalue weighted by molar-refractivity contribution is 5.34. The van der Waals surface area contributed by atoms with Crippen LogP contribution < -0.4 is 4.74 Å². The van der Waals surface area contributed by atoms with Gasteiger partial charge in [0.15, 0.2) is 0 Å². The van der Waals surface area contributed by atoms with Gasteiger partial charge in [0.1, 0.15) is 30.1 Å². The summed E-state index contributed by atoms with van der Waals surface area (Å²) in [4.78, 5) is 2.19. The van der Waals surface area contributed by atoms with Crippen molar-refractivity contribution in [1.82, 2.24) is 19.7 Å². The molecule has 1 unspecified atom stereocenters. The number of rotatable bonds is 7. The highest BCUT2D eigenvalue weighted by Gasteiger charge is 2.21. The van der Waals surface area contributed by atoms with Gasteiger partial charge in [-0.2, -0.15) is 0 Å². The normalized spacial score (nSPS) is 15.8. The molecule has 1 atom stereocenters. The summed E-state index contributed by atoms with van der Waals surface area (Å²) in [6.45, 7) is 9.04. The number of aromatic nitrogens is 3. The van der Waals surface area contributed by atoms with Crippen LogP contribution >= 0.6 is 0 Å². The van der Waals surface area contributed by atoms with Gasteiger partial charge in [-0.25, -0.2) is 0 Å². The third-order valence-electron chi connectivity index (χ3n) is 4.25. The molecule has 0 radical (unpaired) electrons. The summed E-state index contributed by atoms with van der Waals surface area (Å²) in [5, 5.41) is 18.6. The number of ether oxygens (including phenoxy) is 1. The lowest BCUT2D eigenvalue weighted by Gasteiger charge is -2.29. The maximum Gasteiger partial charge on any atom is 0.147 e. The molecule has 2 heterocycles. The Bertz CT molecular complexity index is 698. The Morgan fingerprint density at radius 1 is 1.33 bits per heavy atom. The number of hydrogen-bond acceptors (Lipinski definition) is 5. The standard InChI is InChI=1S/C18H24N4O2/c1-3-6-15-7-4-5-8-17(15)24-13-16(23)11-21-9-10-22-14(2)19-20-18(22)12-21/h3-5,7-8,16,23H,1,6,9-13H2,2H3. The molecule has 0 saturated carbocycles. The number of aryl methyl sites for hydroxylation is 1. The second-order valence-corrected chi connectivity index (χ2v) is 6.12. The molecule has 6 heteroatoms. The van der Waals surface area contributed by atoms with Gasteiger partial charge in [0, 0.05) is 19.6 Å². The minimum atomic E-state index is -0.544. The molecule has 6 nitrogen and oxygen atoms in total. The van der Waals surface area contributed by atoms with E-state index in [1.165, 1.54) is 0 Å². The molecule has 3 rings (SSSR count). The molecule has 1 aliphatic rings. The summed E-state index contributed by atoms with van der Waals surface area (Å²) in [5.41, 5.74) is 1.08. The Hall–Kier alpha value is -2.18. The molecular formula is C18H24N4O2. The van der Waals surface area contributed by atoms with E-state index in [-0.39, 0.29) is 6.61 Å². The molecule has 0 fully saturated rings. The third-order valence-corrected chi connectivity index (χ3v) is 4.25. The number of benzene rings is 1. The molecule has 1 aromatic carbocycles. The van der Waals surface area contributed by atoms with E-state index >= 15 is 0 Å². The predicted octanol–water partition coefficient (Wildman–Crippen LogP) is 1.57. The molecule has 1 N–H and O–H groups in total. The average molecular weight is 328 g/mol. The third kappa shape index (κ3) is 3.83. The van der Waals surface area contributed by atoms with Gasteiger partial charge in [0.25, 0.3) is 0 Å². The zero-order valence-electron chi connectivity index (χ0n) is 14.1. The van der Waals surface area contributed by atoms with Gasteiger partial charge in [0.2, 0.25) is 0 Å². The fourth-order valence-corrected chi connectivity index (χ4v) is 3.01.